The van der Waals surface area contributed by atoms with Gasteiger partial charge >= 0.3 is 0 Å². The zero-order valence-corrected chi connectivity index (χ0v) is 19.6. The van der Waals surface area contributed by atoms with Crippen LogP contribution in [0.15, 0.2) is 68.9 Å². The summed E-state index contributed by atoms with van der Waals surface area (Å²) in [4.78, 5) is 20.0. The Labute approximate surface area is 195 Å². The molecular formula is C24H20Cl2N2O2S. The van der Waals surface area contributed by atoms with Gasteiger partial charge in [0.05, 0.1) is 20.6 Å². The van der Waals surface area contributed by atoms with Crippen LogP contribution in [0.1, 0.15) is 25.2 Å². The zero-order valence-electron chi connectivity index (χ0n) is 17.2. The second-order valence-corrected chi connectivity index (χ2v) is 9.21. The maximum absolute atomic E-state index is 13.1. The molecule has 0 atom stereocenters. The number of halogens is 2. The number of thioether (sulfide) groups is 1. The molecule has 3 aromatic rings. The highest BCUT2D eigenvalue weighted by molar-refractivity contribution is 8.18. The molecule has 2 aromatic carbocycles. The molecule has 0 saturated carbocycles. The molecule has 158 valence electrons. The van der Waals surface area contributed by atoms with Crippen molar-refractivity contribution in [3.63, 3.8) is 0 Å². The molecule has 2 heterocycles. The van der Waals surface area contributed by atoms with Gasteiger partial charge in [0.15, 0.2) is 5.17 Å². The number of aliphatic imine (C=N–C) groups is 1. The summed E-state index contributed by atoms with van der Waals surface area (Å²) in [5, 5.41) is 1.55. The Balaban J connectivity index is 1.65. The summed E-state index contributed by atoms with van der Waals surface area (Å²) in [5.41, 5.74) is 2.67. The Kier molecular flexibility index (Phi) is 6.28. The lowest BCUT2D eigenvalue weighted by molar-refractivity contribution is -0.123. The largest absolute Gasteiger partial charge is 0.457 e. The van der Waals surface area contributed by atoms with Crippen LogP contribution in [-0.2, 0) is 4.79 Å². The van der Waals surface area contributed by atoms with E-state index in [0.717, 1.165) is 11.3 Å². The molecule has 7 heteroatoms. The van der Waals surface area contributed by atoms with Crippen molar-refractivity contribution in [2.45, 2.75) is 26.8 Å². The Hall–Kier alpha value is -2.47. The van der Waals surface area contributed by atoms with E-state index in [4.69, 9.17) is 32.6 Å². The number of hydrogen-bond donors (Lipinski definition) is 0. The standard InChI is InChI=1S/C24H20Cl2N2O2S/c1-14(2)28-23(29)21(31-24(28)27-16-9-7-15(3)8-10-16)13-17-11-12-20(30-17)18-5-4-6-19(25)22(18)26/h4-14H,1-3H3/b21-13+,27-24?. The number of amidine groups is 1. The molecule has 0 unspecified atom stereocenters. The van der Waals surface area contributed by atoms with Crippen molar-refractivity contribution in [1.29, 1.82) is 0 Å². The molecule has 0 N–H and O–H groups in total. The number of amides is 1. The molecule has 1 aromatic heterocycles. The van der Waals surface area contributed by atoms with Crippen molar-refractivity contribution in [2.24, 2.45) is 4.99 Å². The van der Waals surface area contributed by atoms with Gasteiger partial charge in [0.1, 0.15) is 11.5 Å². The van der Waals surface area contributed by atoms with Crippen molar-refractivity contribution in [3.05, 3.63) is 80.9 Å². The number of carbonyl (C=O) groups excluding carboxylic acids is 1. The summed E-state index contributed by atoms with van der Waals surface area (Å²) in [6, 6.07) is 16.9. The van der Waals surface area contributed by atoms with Crippen LogP contribution in [0.2, 0.25) is 10.0 Å². The van der Waals surface area contributed by atoms with Crippen molar-refractivity contribution >= 4 is 57.8 Å². The second-order valence-electron chi connectivity index (χ2n) is 7.41. The first-order valence-electron chi connectivity index (χ1n) is 9.76. The minimum atomic E-state index is -0.0930. The number of hydrogen-bond acceptors (Lipinski definition) is 4. The first-order chi connectivity index (χ1) is 14.8. The predicted molar refractivity (Wildman–Crippen MR) is 130 cm³/mol. The van der Waals surface area contributed by atoms with Gasteiger partial charge in [-0.3, -0.25) is 9.69 Å². The summed E-state index contributed by atoms with van der Waals surface area (Å²) < 4.78 is 5.93. The van der Waals surface area contributed by atoms with E-state index in [2.05, 4.69) is 0 Å². The van der Waals surface area contributed by atoms with Gasteiger partial charge in [-0.25, -0.2) is 4.99 Å². The lowest BCUT2D eigenvalue weighted by Crippen LogP contribution is -2.35. The lowest BCUT2D eigenvalue weighted by Gasteiger charge is -2.19. The molecule has 0 aliphatic carbocycles. The summed E-state index contributed by atoms with van der Waals surface area (Å²) in [7, 11) is 0. The van der Waals surface area contributed by atoms with Gasteiger partial charge in [-0.05, 0) is 68.9 Å². The lowest BCUT2D eigenvalue weighted by atomic mass is 10.2. The summed E-state index contributed by atoms with van der Waals surface area (Å²) in [6.45, 7) is 5.97. The van der Waals surface area contributed by atoms with Gasteiger partial charge in [0, 0.05) is 17.7 Å². The molecule has 1 aliphatic heterocycles. The van der Waals surface area contributed by atoms with E-state index in [0.29, 0.717) is 37.2 Å². The third-order valence-electron chi connectivity index (χ3n) is 4.73. The van der Waals surface area contributed by atoms with Crippen LogP contribution in [0.5, 0.6) is 0 Å². The molecule has 4 rings (SSSR count). The molecule has 1 fully saturated rings. The van der Waals surface area contributed by atoms with E-state index >= 15 is 0 Å². The Bertz CT molecular complexity index is 1200. The molecule has 1 amide bonds. The van der Waals surface area contributed by atoms with Gasteiger partial charge in [0.2, 0.25) is 0 Å². The SMILES string of the molecule is Cc1ccc(N=C2S/C(=C/c3ccc(-c4cccc(Cl)c4Cl)o3)C(=O)N2C(C)C)cc1. The third kappa shape index (κ3) is 4.59. The van der Waals surface area contributed by atoms with Crippen molar-refractivity contribution < 1.29 is 9.21 Å². The fourth-order valence-electron chi connectivity index (χ4n) is 3.15. The number of carbonyl (C=O) groups is 1. The Morgan fingerprint density at radius 1 is 1.06 bits per heavy atom. The number of aryl methyl sites for hydroxylation is 1. The normalized spacial score (nSPS) is 16.8. The van der Waals surface area contributed by atoms with E-state index < -0.39 is 0 Å². The van der Waals surface area contributed by atoms with E-state index in [1.54, 1.807) is 17.0 Å². The van der Waals surface area contributed by atoms with E-state index in [-0.39, 0.29) is 11.9 Å². The predicted octanol–water partition coefficient (Wildman–Crippen LogP) is 7.57. The summed E-state index contributed by atoms with van der Waals surface area (Å²) >= 11 is 13.8. The fourth-order valence-corrected chi connectivity index (χ4v) is 4.64. The second kappa shape index (κ2) is 8.95. The minimum Gasteiger partial charge on any atom is -0.457 e. The molecule has 0 spiro atoms. The van der Waals surface area contributed by atoms with E-state index in [1.807, 2.05) is 69.3 Å². The number of nitrogens with zero attached hydrogens (tertiary/aromatic N) is 2. The first kappa shape index (κ1) is 21.8. The molecule has 0 radical (unpaired) electrons. The molecule has 0 bridgehead atoms. The fraction of sp³-hybridized carbons (Fsp3) is 0.167. The van der Waals surface area contributed by atoms with Crippen LogP contribution in [0.3, 0.4) is 0 Å². The minimum absolute atomic E-state index is 0.0208. The average Bonchev–Trinajstić information content (AvgIpc) is 3.31. The molecule has 4 nitrogen and oxygen atoms in total. The molecule has 1 saturated heterocycles. The van der Waals surface area contributed by atoms with Crippen LogP contribution in [0, 0.1) is 6.92 Å². The van der Waals surface area contributed by atoms with E-state index in [1.165, 1.54) is 11.8 Å². The molecule has 1 aliphatic rings. The topological polar surface area (TPSA) is 45.8 Å². The summed E-state index contributed by atoms with van der Waals surface area (Å²) in [5.74, 6) is 1.05. The highest BCUT2D eigenvalue weighted by Gasteiger charge is 2.35. The van der Waals surface area contributed by atoms with Crippen molar-refractivity contribution in [1.82, 2.24) is 4.90 Å². The highest BCUT2D eigenvalue weighted by atomic mass is 35.5. The zero-order chi connectivity index (χ0) is 22.1. The Morgan fingerprint density at radius 2 is 1.81 bits per heavy atom. The van der Waals surface area contributed by atoms with Gasteiger partial charge in [-0.1, -0.05) is 47.0 Å². The number of furan rings is 1. The molecular weight excluding hydrogens is 451 g/mol. The smallest absolute Gasteiger partial charge is 0.267 e. The van der Waals surface area contributed by atoms with Gasteiger partial charge in [-0.15, -0.1) is 0 Å². The van der Waals surface area contributed by atoms with Crippen LogP contribution in [0.25, 0.3) is 17.4 Å². The van der Waals surface area contributed by atoms with E-state index in [9.17, 15) is 4.79 Å². The van der Waals surface area contributed by atoms with Crippen LogP contribution in [0.4, 0.5) is 5.69 Å². The maximum atomic E-state index is 13.1. The highest BCUT2D eigenvalue weighted by Crippen LogP contribution is 2.38. The number of rotatable bonds is 4. The number of benzene rings is 2. The van der Waals surface area contributed by atoms with Gasteiger partial charge in [0.25, 0.3) is 5.91 Å². The van der Waals surface area contributed by atoms with Crippen molar-refractivity contribution in [3.8, 4) is 11.3 Å². The van der Waals surface area contributed by atoms with Gasteiger partial charge in [-0.2, -0.15) is 0 Å². The van der Waals surface area contributed by atoms with Crippen molar-refractivity contribution in [2.75, 3.05) is 0 Å². The maximum Gasteiger partial charge on any atom is 0.267 e. The quantitative estimate of drug-likeness (QED) is 0.369. The first-order valence-corrected chi connectivity index (χ1v) is 11.3. The molecule has 31 heavy (non-hydrogen) atoms. The van der Waals surface area contributed by atoms with Gasteiger partial charge < -0.3 is 4.42 Å². The third-order valence-corrected chi connectivity index (χ3v) is 6.53. The van der Waals surface area contributed by atoms with Crippen LogP contribution in [-0.4, -0.2) is 22.0 Å². The van der Waals surface area contributed by atoms with Crippen LogP contribution >= 0.6 is 35.0 Å². The Morgan fingerprint density at radius 3 is 2.52 bits per heavy atom. The summed E-state index contributed by atoms with van der Waals surface area (Å²) in [6.07, 6.45) is 1.74. The average molecular weight is 471 g/mol. The monoisotopic (exact) mass is 470 g/mol. The van der Waals surface area contributed by atoms with Crippen LogP contribution < -0.4 is 0 Å².